The van der Waals surface area contributed by atoms with Crippen LogP contribution in [0, 0.1) is 0 Å². The predicted octanol–water partition coefficient (Wildman–Crippen LogP) is -0.457. The molecule has 0 heterocycles. The van der Waals surface area contributed by atoms with Crippen molar-refractivity contribution in [2.24, 2.45) is 11.5 Å². The molecule has 0 bridgehead atoms. The molecule has 0 rings (SSSR count). The van der Waals surface area contributed by atoms with Crippen LogP contribution in [-0.4, -0.2) is 26.9 Å². The number of nitrogens with two attached hydrogens (primary N) is 2. The molecule has 4 N–H and O–H groups in total. The Hall–Kier alpha value is -0.430. The zero-order valence-corrected chi connectivity index (χ0v) is 8.46. The lowest BCUT2D eigenvalue weighted by molar-refractivity contribution is 0.303. The summed E-state index contributed by atoms with van der Waals surface area (Å²) in [6.45, 7) is 1.78. The van der Waals surface area contributed by atoms with Crippen molar-refractivity contribution in [3.63, 3.8) is 0 Å². The maximum atomic E-state index is 11.0. The van der Waals surface area contributed by atoms with Gasteiger partial charge in [-0.05, 0) is 6.92 Å². The smallest absolute Gasteiger partial charge is 0.270 e. The summed E-state index contributed by atoms with van der Waals surface area (Å²) >= 11 is 0. The zero-order chi connectivity index (χ0) is 10.3. The van der Waals surface area contributed by atoms with Crippen LogP contribution in [-0.2, 0) is 14.3 Å². The van der Waals surface area contributed by atoms with Crippen LogP contribution in [0.2, 0.25) is 0 Å². The fraction of sp³-hybridized carbons (Fsp3) is 0.714. The van der Waals surface area contributed by atoms with Crippen molar-refractivity contribution in [3.8, 4) is 0 Å². The fourth-order valence-electron chi connectivity index (χ4n) is 0.573. The molecule has 0 saturated heterocycles. The maximum absolute atomic E-state index is 11.0. The van der Waals surface area contributed by atoms with Gasteiger partial charge in [-0.15, -0.1) is 0 Å². The maximum Gasteiger partial charge on any atom is 0.270 e. The molecule has 6 heteroatoms. The molecule has 5 nitrogen and oxygen atoms in total. The molecule has 0 spiro atoms. The van der Waals surface area contributed by atoms with Crippen molar-refractivity contribution in [1.29, 1.82) is 0 Å². The molecule has 0 aromatic heterocycles. The van der Waals surface area contributed by atoms with E-state index in [0.717, 1.165) is 0 Å². The third-order valence-corrected chi connectivity index (χ3v) is 2.38. The van der Waals surface area contributed by atoms with E-state index in [0.29, 0.717) is 6.42 Å². The van der Waals surface area contributed by atoms with Gasteiger partial charge in [0, 0.05) is 6.42 Å². The summed E-state index contributed by atoms with van der Waals surface area (Å²) < 4.78 is 26.6. The van der Waals surface area contributed by atoms with Gasteiger partial charge in [0.2, 0.25) is 0 Å². The van der Waals surface area contributed by atoms with Gasteiger partial charge in [-0.3, -0.25) is 4.18 Å². The van der Waals surface area contributed by atoms with Crippen LogP contribution >= 0.6 is 0 Å². The van der Waals surface area contributed by atoms with Gasteiger partial charge in [0.25, 0.3) is 10.1 Å². The Kier molecular flexibility index (Phi) is 5.89. The first kappa shape index (κ1) is 12.6. The normalized spacial score (nSPS) is 12.9. The number of allylic oxidation sites excluding steroid dienone is 1. The number of hydrogen-bond donors (Lipinski definition) is 2. The van der Waals surface area contributed by atoms with E-state index in [1.165, 1.54) is 6.08 Å². The summed E-state index contributed by atoms with van der Waals surface area (Å²) in [5, 5.41) is 0. The second-order valence-electron chi connectivity index (χ2n) is 2.57. The molecule has 0 aliphatic rings. The van der Waals surface area contributed by atoms with E-state index in [1.807, 2.05) is 0 Å². The largest absolute Gasteiger partial charge is 0.316 e. The Morgan fingerprint density at radius 3 is 2.54 bits per heavy atom. The van der Waals surface area contributed by atoms with Gasteiger partial charge in [0.15, 0.2) is 0 Å². The first-order chi connectivity index (χ1) is 5.98. The average molecular weight is 208 g/mol. The van der Waals surface area contributed by atoms with Gasteiger partial charge in [0.05, 0.1) is 18.5 Å². The lowest BCUT2D eigenvalue weighted by atomic mass is 10.4. The van der Waals surface area contributed by atoms with Gasteiger partial charge in [-0.2, -0.15) is 8.42 Å². The van der Waals surface area contributed by atoms with Crippen LogP contribution < -0.4 is 11.5 Å². The lowest BCUT2D eigenvalue weighted by Gasteiger charge is -2.05. The molecular weight excluding hydrogens is 192 g/mol. The summed E-state index contributed by atoms with van der Waals surface area (Å²) in [6, 6.07) is 0. The molecule has 0 fully saturated rings. The van der Waals surface area contributed by atoms with Crippen molar-refractivity contribution < 1.29 is 12.6 Å². The van der Waals surface area contributed by atoms with Gasteiger partial charge >= 0.3 is 0 Å². The third-order valence-electron chi connectivity index (χ3n) is 1.25. The highest BCUT2D eigenvalue weighted by Gasteiger charge is 2.08. The minimum absolute atomic E-state index is 0.0392. The van der Waals surface area contributed by atoms with Gasteiger partial charge in [-0.1, -0.05) is 12.2 Å². The molecule has 0 amide bonds. The molecule has 0 unspecified atom stereocenters. The monoisotopic (exact) mass is 208 g/mol. The highest BCUT2D eigenvalue weighted by molar-refractivity contribution is 7.86. The van der Waals surface area contributed by atoms with Crippen molar-refractivity contribution >= 4 is 10.1 Å². The Labute approximate surface area is 78.9 Å². The summed E-state index contributed by atoms with van der Waals surface area (Å²) in [7, 11) is -3.44. The molecule has 13 heavy (non-hydrogen) atoms. The molecule has 0 aromatic carbocycles. The van der Waals surface area contributed by atoms with Crippen LogP contribution in [0.3, 0.4) is 0 Å². The van der Waals surface area contributed by atoms with Crippen molar-refractivity contribution in [2.45, 2.75) is 19.5 Å². The highest BCUT2D eigenvalue weighted by atomic mass is 32.2. The summed E-state index contributed by atoms with van der Waals surface area (Å²) in [6.07, 6.45) is 2.96. The molecule has 0 saturated carbocycles. The molecular formula is C7H16N2O3S. The Balaban J connectivity index is 3.77. The predicted molar refractivity (Wildman–Crippen MR) is 51.3 cm³/mol. The summed E-state index contributed by atoms with van der Waals surface area (Å²) in [5.41, 5.74) is 10.4. The SMILES string of the molecule is CC=CCS(=O)(=O)OCCC(N)N. The van der Waals surface area contributed by atoms with Crippen molar-refractivity contribution in [2.75, 3.05) is 12.4 Å². The Morgan fingerprint density at radius 2 is 2.08 bits per heavy atom. The van der Waals surface area contributed by atoms with Gasteiger partial charge in [0.1, 0.15) is 0 Å². The third kappa shape index (κ3) is 7.92. The van der Waals surface area contributed by atoms with E-state index in [4.69, 9.17) is 11.5 Å². The average Bonchev–Trinajstić information content (AvgIpc) is 2.00. The van der Waals surface area contributed by atoms with Crippen LogP contribution in [0.25, 0.3) is 0 Å². The summed E-state index contributed by atoms with van der Waals surface area (Å²) in [4.78, 5) is 0. The van der Waals surface area contributed by atoms with E-state index in [-0.39, 0.29) is 12.4 Å². The van der Waals surface area contributed by atoms with Crippen LogP contribution in [0.4, 0.5) is 0 Å². The second-order valence-corrected chi connectivity index (χ2v) is 4.25. The second kappa shape index (κ2) is 6.09. The minimum Gasteiger partial charge on any atom is -0.316 e. The van der Waals surface area contributed by atoms with Crippen LogP contribution in [0.15, 0.2) is 12.2 Å². The molecule has 0 atom stereocenters. The number of rotatable bonds is 6. The molecule has 0 aromatic rings. The fourth-order valence-corrected chi connectivity index (χ4v) is 1.45. The van der Waals surface area contributed by atoms with Crippen molar-refractivity contribution in [1.82, 2.24) is 0 Å². The minimum atomic E-state index is -3.44. The zero-order valence-electron chi connectivity index (χ0n) is 7.64. The number of hydrogen-bond acceptors (Lipinski definition) is 5. The van der Waals surface area contributed by atoms with E-state index in [9.17, 15) is 8.42 Å². The molecule has 0 aliphatic carbocycles. The topological polar surface area (TPSA) is 95.4 Å². The van der Waals surface area contributed by atoms with Crippen LogP contribution in [0.5, 0.6) is 0 Å². The molecule has 0 radical (unpaired) electrons. The van der Waals surface area contributed by atoms with E-state index < -0.39 is 16.3 Å². The van der Waals surface area contributed by atoms with E-state index >= 15 is 0 Å². The van der Waals surface area contributed by atoms with E-state index in [1.54, 1.807) is 13.0 Å². The highest BCUT2D eigenvalue weighted by Crippen LogP contribution is 1.96. The van der Waals surface area contributed by atoms with Crippen molar-refractivity contribution in [3.05, 3.63) is 12.2 Å². The Morgan fingerprint density at radius 1 is 1.46 bits per heavy atom. The Bertz CT molecular complexity index is 246. The van der Waals surface area contributed by atoms with E-state index in [2.05, 4.69) is 4.18 Å². The quantitative estimate of drug-likeness (QED) is 0.350. The van der Waals surface area contributed by atoms with Gasteiger partial charge < -0.3 is 11.5 Å². The lowest BCUT2D eigenvalue weighted by Crippen LogP contribution is -2.32. The molecule has 0 aliphatic heterocycles. The summed E-state index contributed by atoms with van der Waals surface area (Å²) in [5.74, 6) is -0.108. The first-order valence-electron chi connectivity index (χ1n) is 3.97. The van der Waals surface area contributed by atoms with Crippen LogP contribution in [0.1, 0.15) is 13.3 Å². The first-order valence-corrected chi connectivity index (χ1v) is 5.55. The standard InChI is InChI=1S/C7H16N2O3S/c1-2-3-6-13(10,11)12-5-4-7(8)9/h2-3,7H,4-6,8-9H2,1H3. The van der Waals surface area contributed by atoms with Gasteiger partial charge in [-0.25, -0.2) is 0 Å². The molecule has 78 valence electrons.